The largest absolute Gasteiger partial charge is 0.371 e. The molecule has 1 aliphatic carbocycles. The van der Waals surface area contributed by atoms with Crippen molar-refractivity contribution in [3.8, 4) is 0 Å². The number of benzene rings is 1. The fraction of sp³-hybridized carbons (Fsp3) is 0.600. The van der Waals surface area contributed by atoms with E-state index in [1.54, 1.807) is 6.07 Å². The Morgan fingerprint density at radius 1 is 1.21 bits per heavy atom. The third-order valence-electron chi connectivity index (χ3n) is 5.44. The van der Waals surface area contributed by atoms with Crippen LogP contribution in [0.1, 0.15) is 61.0 Å². The number of aromatic nitrogens is 2. The highest BCUT2D eigenvalue weighted by molar-refractivity contribution is 7.89. The van der Waals surface area contributed by atoms with Crippen LogP contribution in [0.3, 0.4) is 0 Å². The second kappa shape index (κ2) is 7.93. The third kappa shape index (κ3) is 4.14. The fourth-order valence-corrected chi connectivity index (χ4v) is 5.59. The minimum absolute atomic E-state index is 0.278. The molecule has 28 heavy (non-hydrogen) atoms. The predicted molar refractivity (Wildman–Crippen MR) is 103 cm³/mol. The van der Waals surface area contributed by atoms with Gasteiger partial charge < -0.3 is 9.26 Å². The number of hydrogen-bond donors (Lipinski definition) is 0. The van der Waals surface area contributed by atoms with E-state index in [1.807, 2.05) is 26.0 Å². The van der Waals surface area contributed by atoms with Gasteiger partial charge in [-0.1, -0.05) is 23.7 Å². The van der Waals surface area contributed by atoms with E-state index < -0.39 is 16.1 Å². The van der Waals surface area contributed by atoms with E-state index in [9.17, 15) is 8.42 Å². The summed E-state index contributed by atoms with van der Waals surface area (Å²) >= 11 is 0. The number of aryl methyl sites for hydroxylation is 2. The molecule has 1 atom stereocenters. The maximum atomic E-state index is 13.4. The summed E-state index contributed by atoms with van der Waals surface area (Å²) in [7, 11) is -3.64. The Kier molecular flexibility index (Phi) is 5.53. The summed E-state index contributed by atoms with van der Waals surface area (Å²) in [4.78, 5) is 4.80. The molecule has 152 valence electrons. The van der Waals surface area contributed by atoms with E-state index in [4.69, 9.17) is 9.26 Å². The monoisotopic (exact) mass is 405 g/mol. The number of hydrogen-bond acceptors (Lipinski definition) is 6. The van der Waals surface area contributed by atoms with Crippen LogP contribution in [0.25, 0.3) is 0 Å². The summed E-state index contributed by atoms with van der Waals surface area (Å²) in [5, 5.41) is 4.08. The highest BCUT2D eigenvalue weighted by atomic mass is 32.2. The zero-order valence-electron chi connectivity index (χ0n) is 16.4. The summed E-state index contributed by atoms with van der Waals surface area (Å²) in [5.74, 6) is 1.50. The van der Waals surface area contributed by atoms with Gasteiger partial charge in [-0.05, 0) is 62.6 Å². The molecule has 0 amide bonds. The van der Waals surface area contributed by atoms with Gasteiger partial charge in [0, 0.05) is 6.54 Å². The van der Waals surface area contributed by atoms with Crippen LogP contribution in [0.4, 0.5) is 0 Å². The van der Waals surface area contributed by atoms with Crippen LogP contribution in [-0.4, -0.2) is 36.0 Å². The standard InChI is InChI=1S/C20H27N3O4S/c1-14-6-7-15(2)18(11-14)28(24,25)23-10-4-3-5-17(23)20-21-19(27-22-20)13-26-12-16-8-9-16/h6-7,11,16-17H,3-5,8-10,12-13H2,1-2H3. The normalized spacial score (nSPS) is 21.1. The summed E-state index contributed by atoms with van der Waals surface area (Å²) in [6.07, 6.45) is 4.90. The molecule has 1 aromatic heterocycles. The molecule has 2 aromatic rings. The van der Waals surface area contributed by atoms with Crippen molar-refractivity contribution < 1.29 is 17.7 Å². The van der Waals surface area contributed by atoms with E-state index in [-0.39, 0.29) is 6.61 Å². The van der Waals surface area contributed by atoms with Gasteiger partial charge in [0.25, 0.3) is 5.89 Å². The maximum absolute atomic E-state index is 13.4. The van der Waals surface area contributed by atoms with Gasteiger partial charge in [0.05, 0.1) is 17.5 Å². The van der Waals surface area contributed by atoms with Crippen LogP contribution < -0.4 is 0 Å². The molecule has 0 N–H and O–H groups in total. The zero-order valence-corrected chi connectivity index (χ0v) is 17.2. The molecule has 8 heteroatoms. The quantitative estimate of drug-likeness (QED) is 0.700. The highest BCUT2D eigenvalue weighted by Gasteiger charge is 2.37. The van der Waals surface area contributed by atoms with Crippen molar-refractivity contribution in [2.75, 3.05) is 13.2 Å². The van der Waals surface area contributed by atoms with Crippen LogP contribution >= 0.6 is 0 Å². The van der Waals surface area contributed by atoms with Gasteiger partial charge in [0.2, 0.25) is 10.0 Å². The number of piperidine rings is 1. The van der Waals surface area contributed by atoms with E-state index >= 15 is 0 Å². The lowest BCUT2D eigenvalue weighted by molar-refractivity contribution is 0.0894. The SMILES string of the molecule is Cc1ccc(C)c(S(=O)(=O)N2CCCCC2c2noc(COCC3CC3)n2)c1. The van der Waals surface area contributed by atoms with Crippen molar-refractivity contribution in [3.05, 3.63) is 41.0 Å². The first-order chi connectivity index (χ1) is 13.4. The van der Waals surface area contributed by atoms with Crippen molar-refractivity contribution in [1.29, 1.82) is 0 Å². The molecule has 1 unspecified atom stereocenters. The molecule has 1 aromatic carbocycles. The van der Waals surface area contributed by atoms with Crippen LogP contribution in [0.5, 0.6) is 0 Å². The first kappa shape index (κ1) is 19.5. The zero-order chi connectivity index (χ0) is 19.7. The lowest BCUT2D eigenvalue weighted by Gasteiger charge is -2.33. The molecule has 7 nitrogen and oxygen atoms in total. The molecule has 2 heterocycles. The molecule has 2 aliphatic rings. The number of rotatable bonds is 7. The minimum Gasteiger partial charge on any atom is -0.371 e. The Labute approximate surface area is 166 Å². The van der Waals surface area contributed by atoms with Crippen molar-refractivity contribution >= 4 is 10.0 Å². The van der Waals surface area contributed by atoms with E-state index in [2.05, 4.69) is 10.1 Å². The van der Waals surface area contributed by atoms with Gasteiger partial charge in [-0.2, -0.15) is 9.29 Å². The third-order valence-corrected chi connectivity index (χ3v) is 7.49. The average molecular weight is 406 g/mol. The first-order valence-electron chi connectivity index (χ1n) is 9.94. The summed E-state index contributed by atoms with van der Waals surface area (Å²) < 4.78 is 39.3. The predicted octanol–water partition coefficient (Wildman–Crippen LogP) is 3.53. The fourth-order valence-electron chi connectivity index (χ4n) is 3.62. The van der Waals surface area contributed by atoms with Crippen molar-refractivity contribution in [2.24, 2.45) is 5.92 Å². The molecular weight excluding hydrogens is 378 g/mol. The summed E-state index contributed by atoms with van der Waals surface area (Å²) in [6, 6.07) is 5.11. The van der Waals surface area contributed by atoms with Gasteiger partial charge in [0.1, 0.15) is 6.61 Å². The number of ether oxygens (including phenoxy) is 1. The van der Waals surface area contributed by atoms with Crippen LogP contribution in [-0.2, 0) is 21.4 Å². The molecular formula is C20H27N3O4S. The Bertz CT molecular complexity index is 937. The molecule has 0 spiro atoms. The van der Waals surface area contributed by atoms with E-state index in [0.29, 0.717) is 42.1 Å². The molecule has 1 saturated heterocycles. The lowest BCUT2D eigenvalue weighted by Crippen LogP contribution is -2.39. The topological polar surface area (TPSA) is 85.5 Å². The minimum atomic E-state index is -3.64. The first-order valence-corrected chi connectivity index (χ1v) is 11.4. The second-order valence-electron chi connectivity index (χ2n) is 7.90. The molecule has 1 saturated carbocycles. The lowest BCUT2D eigenvalue weighted by atomic mass is 10.0. The van der Waals surface area contributed by atoms with Gasteiger partial charge in [-0.25, -0.2) is 8.42 Å². The number of nitrogens with zero attached hydrogens (tertiary/aromatic N) is 3. The van der Waals surface area contributed by atoms with Crippen molar-refractivity contribution in [2.45, 2.75) is 63.5 Å². The highest BCUT2D eigenvalue weighted by Crippen LogP contribution is 2.35. The molecule has 0 radical (unpaired) electrons. The number of sulfonamides is 1. The molecule has 4 rings (SSSR count). The van der Waals surface area contributed by atoms with Gasteiger partial charge in [-0.15, -0.1) is 0 Å². The van der Waals surface area contributed by atoms with E-state index in [1.165, 1.54) is 17.1 Å². The Balaban J connectivity index is 1.55. The molecule has 1 aliphatic heterocycles. The molecule has 0 bridgehead atoms. The van der Waals surface area contributed by atoms with Crippen LogP contribution in [0, 0.1) is 19.8 Å². The second-order valence-corrected chi connectivity index (χ2v) is 9.76. The molecule has 2 fully saturated rings. The van der Waals surface area contributed by atoms with Gasteiger partial charge in [0.15, 0.2) is 5.82 Å². The average Bonchev–Trinajstić information content (AvgIpc) is 3.39. The van der Waals surface area contributed by atoms with Crippen LogP contribution in [0.15, 0.2) is 27.6 Å². The van der Waals surface area contributed by atoms with Crippen LogP contribution in [0.2, 0.25) is 0 Å². The van der Waals surface area contributed by atoms with Gasteiger partial charge >= 0.3 is 0 Å². The van der Waals surface area contributed by atoms with Gasteiger partial charge in [-0.3, -0.25) is 0 Å². The van der Waals surface area contributed by atoms with Crippen molar-refractivity contribution in [1.82, 2.24) is 14.4 Å². The summed E-state index contributed by atoms with van der Waals surface area (Å²) in [5.41, 5.74) is 1.67. The Morgan fingerprint density at radius 2 is 2.04 bits per heavy atom. The Morgan fingerprint density at radius 3 is 2.82 bits per heavy atom. The van der Waals surface area contributed by atoms with Crippen molar-refractivity contribution in [3.63, 3.8) is 0 Å². The Hall–Kier alpha value is -1.77. The maximum Gasteiger partial charge on any atom is 0.252 e. The smallest absolute Gasteiger partial charge is 0.252 e. The van der Waals surface area contributed by atoms with E-state index in [0.717, 1.165) is 24.0 Å². The summed E-state index contributed by atoms with van der Waals surface area (Å²) in [6.45, 7) is 5.19.